The Bertz CT molecular complexity index is 1560. The molecule has 4 aromatic heterocycles. The molecule has 0 spiro atoms. The lowest BCUT2D eigenvalue weighted by Crippen LogP contribution is -2.26. The van der Waals surface area contributed by atoms with Gasteiger partial charge in [0.15, 0.2) is 0 Å². The Balaban J connectivity index is 1.50. The summed E-state index contributed by atoms with van der Waals surface area (Å²) >= 11 is 1.58. The molecule has 0 N–H and O–H groups in total. The lowest BCUT2D eigenvalue weighted by atomic mass is 10.0. The van der Waals surface area contributed by atoms with E-state index in [1.807, 2.05) is 59.4 Å². The van der Waals surface area contributed by atoms with Gasteiger partial charge in [-0.3, -0.25) is 14.6 Å². The molecule has 0 fully saturated rings. The molecule has 4 heterocycles. The van der Waals surface area contributed by atoms with Gasteiger partial charge in [-0.2, -0.15) is 5.10 Å². The van der Waals surface area contributed by atoms with E-state index in [0.29, 0.717) is 19.3 Å². The lowest BCUT2D eigenvalue weighted by Gasteiger charge is -2.22. The van der Waals surface area contributed by atoms with E-state index in [0.717, 1.165) is 55.4 Å². The molecule has 0 atom stereocenters. The van der Waals surface area contributed by atoms with E-state index in [1.165, 1.54) is 0 Å². The summed E-state index contributed by atoms with van der Waals surface area (Å²) in [7, 11) is 0.738. The Kier molecular flexibility index (Phi) is 7.88. The number of benzene rings is 1. The van der Waals surface area contributed by atoms with Gasteiger partial charge >= 0.3 is 0 Å². The van der Waals surface area contributed by atoms with Crippen LogP contribution in [0.3, 0.4) is 0 Å². The number of aryl methyl sites for hydroxylation is 1. The first kappa shape index (κ1) is 27.1. The number of ether oxygens (including phenoxy) is 1. The van der Waals surface area contributed by atoms with E-state index >= 15 is 0 Å². The molecule has 0 bridgehead atoms. The molecule has 202 valence electrons. The zero-order valence-electron chi connectivity index (χ0n) is 23.4. The van der Waals surface area contributed by atoms with Gasteiger partial charge in [0.25, 0.3) is 0 Å². The molecule has 0 aliphatic rings. The maximum absolute atomic E-state index is 6.16. The molecule has 8 nitrogen and oxygen atoms in total. The van der Waals surface area contributed by atoms with Crippen LogP contribution in [-0.4, -0.2) is 51.4 Å². The second-order valence-corrected chi connectivity index (χ2v) is 17.8. The van der Waals surface area contributed by atoms with Crippen molar-refractivity contribution in [3.63, 3.8) is 0 Å². The van der Waals surface area contributed by atoms with Crippen molar-refractivity contribution in [3.8, 4) is 22.4 Å². The van der Waals surface area contributed by atoms with Crippen molar-refractivity contribution in [3.05, 3.63) is 65.9 Å². The largest absolute Gasteiger partial charge is 0.361 e. The number of anilines is 2. The third-order valence-electron chi connectivity index (χ3n) is 6.36. The minimum atomic E-state index is -1.20. The van der Waals surface area contributed by atoms with Crippen LogP contribution < -0.4 is 4.90 Å². The first-order chi connectivity index (χ1) is 18.7. The van der Waals surface area contributed by atoms with Gasteiger partial charge in [-0.15, -0.1) is 10.2 Å². The first-order valence-corrected chi connectivity index (χ1v) is 17.8. The number of rotatable bonds is 10. The molecule has 5 rings (SSSR count). The van der Waals surface area contributed by atoms with Crippen LogP contribution in [0, 0.1) is 0 Å². The summed E-state index contributed by atoms with van der Waals surface area (Å²) in [4.78, 5) is 11.8. The average molecular weight is 558 g/mol. The van der Waals surface area contributed by atoms with Crippen LogP contribution in [0.5, 0.6) is 0 Å². The normalized spacial score (nSPS) is 12.0. The predicted octanol–water partition coefficient (Wildman–Crippen LogP) is 7.12. The third-order valence-corrected chi connectivity index (χ3v) is 9.31. The summed E-state index contributed by atoms with van der Waals surface area (Å²) in [6, 6.07) is 17.4. The molecule has 0 radical (unpaired) electrons. The molecular formula is C29H35N7OSSi. The molecule has 10 heteroatoms. The highest BCUT2D eigenvalue weighted by Crippen LogP contribution is 2.34. The van der Waals surface area contributed by atoms with Crippen molar-refractivity contribution in [1.29, 1.82) is 0 Å². The second kappa shape index (κ2) is 11.3. The number of hydrogen-bond acceptors (Lipinski definition) is 8. The molecule has 0 aliphatic carbocycles. The van der Waals surface area contributed by atoms with Gasteiger partial charge in [-0.05, 0) is 24.2 Å². The Morgan fingerprint density at radius 1 is 1.00 bits per heavy atom. The van der Waals surface area contributed by atoms with Crippen LogP contribution in [0.15, 0.2) is 60.9 Å². The molecule has 0 aliphatic heterocycles. The van der Waals surface area contributed by atoms with E-state index in [-0.39, 0.29) is 0 Å². The van der Waals surface area contributed by atoms with Crippen molar-refractivity contribution in [2.75, 3.05) is 18.2 Å². The van der Waals surface area contributed by atoms with Crippen molar-refractivity contribution >= 4 is 41.4 Å². The molecular weight excluding hydrogens is 523 g/mol. The molecule has 5 aromatic rings. The van der Waals surface area contributed by atoms with Gasteiger partial charge in [-0.1, -0.05) is 75.2 Å². The van der Waals surface area contributed by atoms with Gasteiger partial charge in [0, 0.05) is 56.7 Å². The van der Waals surface area contributed by atoms with Crippen LogP contribution in [0.4, 0.5) is 10.9 Å². The van der Waals surface area contributed by atoms with Crippen LogP contribution >= 0.6 is 11.3 Å². The van der Waals surface area contributed by atoms with Crippen molar-refractivity contribution in [2.24, 2.45) is 7.05 Å². The smallest absolute Gasteiger partial charge is 0.215 e. The minimum absolute atomic E-state index is 0.306. The maximum atomic E-state index is 6.16. The standard InChI is InChI=1S/C29H35N7OSSi/c1-20(2)28-32-33-29(38-28)36(19-37-14-15-39(4,5)6)26-13-12-24-25(31-26)16-22(17-30-24)23-18-35(3)34-27(23)21-10-8-7-9-11-21/h7-13,16-18,20H,14-15,19H2,1-6H3. The first-order valence-electron chi connectivity index (χ1n) is 13.2. The number of hydrogen-bond donors (Lipinski definition) is 0. The summed E-state index contributed by atoms with van der Waals surface area (Å²) in [6.45, 7) is 12.4. The Morgan fingerprint density at radius 2 is 1.79 bits per heavy atom. The van der Waals surface area contributed by atoms with E-state index in [2.05, 4.69) is 61.9 Å². The van der Waals surface area contributed by atoms with Gasteiger partial charge in [0.2, 0.25) is 5.13 Å². The fourth-order valence-corrected chi connectivity index (χ4v) is 5.72. The molecule has 0 unspecified atom stereocenters. The summed E-state index contributed by atoms with van der Waals surface area (Å²) in [5, 5.41) is 15.4. The fourth-order valence-electron chi connectivity index (χ4n) is 4.12. The molecule has 0 saturated carbocycles. The number of fused-ring (bicyclic) bond motifs is 1. The summed E-state index contributed by atoms with van der Waals surface area (Å²) in [5.41, 5.74) is 5.59. The van der Waals surface area contributed by atoms with Crippen LogP contribution in [0.25, 0.3) is 33.4 Å². The number of pyridine rings is 2. The molecule has 1 aromatic carbocycles. The molecule has 0 saturated heterocycles. The number of nitrogens with zero attached hydrogens (tertiary/aromatic N) is 7. The number of aromatic nitrogens is 6. The van der Waals surface area contributed by atoms with Crippen LogP contribution in [0.1, 0.15) is 24.8 Å². The Labute approximate surface area is 234 Å². The zero-order valence-corrected chi connectivity index (χ0v) is 25.2. The monoisotopic (exact) mass is 557 g/mol. The highest BCUT2D eigenvalue weighted by atomic mass is 32.1. The topological polar surface area (TPSA) is 81.9 Å². The van der Waals surface area contributed by atoms with Crippen LogP contribution in [-0.2, 0) is 11.8 Å². The lowest BCUT2D eigenvalue weighted by molar-refractivity contribution is 0.153. The fraction of sp³-hybridized carbons (Fsp3) is 0.345. The highest BCUT2D eigenvalue weighted by molar-refractivity contribution is 7.15. The van der Waals surface area contributed by atoms with Gasteiger partial charge in [0.05, 0.1) is 11.0 Å². The zero-order chi connectivity index (χ0) is 27.6. The van der Waals surface area contributed by atoms with E-state index in [4.69, 9.17) is 19.8 Å². The van der Waals surface area contributed by atoms with Gasteiger partial charge in [-0.25, -0.2) is 4.98 Å². The van der Waals surface area contributed by atoms with Crippen molar-refractivity contribution in [1.82, 2.24) is 29.9 Å². The predicted molar refractivity (Wildman–Crippen MR) is 162 cm³/mol. The average Bonchev–Trinajstić information content (AvgIpc) is 3.55. The van der Waals surface area contributed by atoms with E-state index < -0.39 is 8.07 Å². The Morgan fingerprint density at radius 3 is 2.51 bits per heavy atom. The second-order valence-electron chi connectivity index (χ2n) is 11.2. The SMILES string of the molecule is CC(C)c1nnc(N(COCC[Si](C)(C)C)c2ccc3ncc(-c4cn(C)nc4-c4ccccc4)cc3n2)s1. The third kappa shape index (κ3) is 6.40. The summed E-state index contributed by atoms with van der Waals surface area (Å²) in [6.07, 6.45) is 3.92. The van der Waals surface area contributed by atoms with E-state index in [1.54, 1.807) is 11.3 Å². The Hall–Kier alpha value is -3.47. The van der Waals surface area contributed by atoms with Crippen LogP contribution in [0.2, 0.25) is 25.7 Å². The highest BCUT2D eigenvalue weighted by Gasteiger charge is 2.20. The van der Waals surface area contributed by atoms with Gasteiger partial charge in [0.1, 0.15) is 23.3 Å². The maximum Gasteiger partial charge on any atom is 0.215 e. The molecule has 39 heavy (non-hydrogen) atoms. The summed E-state index contributed by atoms with van der Waals surface area (Å²) < 4.78 is 8.00. The van der Waals surface area contributed by atoms with Gasteiger partial charge < -0.3 is 4.74 Å². The summed E-state index contributed by atoms with van der Waals surface area (Å²) in [5.74, 6) is 1.07. The minimum Gasteiger partial charge on any atom is -0.361 e. The van der Waals surface area contributed by atoms with Crippen molar-refractivity contribution < 1.29 is 4.74 Å². The quantitative estimate of drug-likeness (QED) is 0.103. The van der Waals surface area contributed by atoms with Crippen molar-refractivity contribution in [2.45, 2.75) is 45.5 Å². The molecule has 0 amide bonds. The van der Waals surface area contributed by atoms with E-state index in [9.17, 15) is 0 Å².